The molecule has 17 heavy (non-hydrogen) atoms. The van der Waals surface area contributed by atoms with Gasteiger partial charge in [0.15, 0.2) is 5.13 Å². The molecule has 0 aliphatic heterocycles. The molecule has 0 unspecified atom stereocenters. The SMILES string of the molecule is CCNc1ncc(CSc2ncccc2Br)s1. The first kappa shape index (κ1) is 12.9. The van der Waals surface area contributed by atoms with E-state index in [9.17, 15) is 0 Å². The molecule has 0 saturated heterocycles. The largest absolute Gasteiger partial charge is 0.362 e. The molecule has 0 aliphatic carbocycles. The van der Waals surface area contributed by atoms with Gasteiger partial charge in [0, 0.05) is 34.0 Å². The number of hydrogen-bond donors (Lipinski definition) is 1. The zero-order valence-electron chi connectivity index (χ0n) is 9.31. The van der Waals surface area contributed by atoms with Crippen LogP contribution in [0.2, 0.25) is 0 Å². The lowest BCUT2D eigenvalue weighted by molar-refractivity contribution is 1.11. The summed E-state index contributed by atoms with van der Waals surface area (Å²) in [7, 11) is 0. The number of aromatic nitrogens is 2. The average molecular weight is 330 g/mol. The molecule has 2 aromatic rings. The third-order valence-electron chi connectivity index (χ3n) is 1.96. The average Bonchev–Trinajstić information content (AvgIpc) is 2.76. The zero-order valence-corrected chi connectivity index (χ0v) is 12.5. The Morgan fingerprint density at radius 2 is 2.35 bits per heavy atom. The molecule has 0 bridgehead atoms. The van der Waals surface area contributed by atoms with Crippen molar-refractivity contribution in [2.24, 2.45) is 0 Å². The van der Waals surface area contributed by atoms with Crippen molar-refractivity contribution >= 4 is 44.2 Å². The summed E-state index contributed by atoms with van der Waals surface area (Å²) in [6.45, 7) is 2.98. The quantitative estimate of drug-likeness (QED) is 0.840. The first-order valence-corrected chi connectivity index (χ1v) is 7.81. The van der Waals surface area contributed by atoms with Crippen LogP contribution in [0.3, 0.4) is 0 Å². The molecule has 1 N–H and O–H groups in total. The Morgan fingerprint density at radius 1 is 1.47 bits per heavy atom. The predicted molar refractivity (Wildman–Crippen MR) is 77.8 cm³/mol. The van der Waals surface area contributed by atoms with Gasteiger partial charge >= 0.3 is 0 Å². The van der Waals surface area contributed by atoms with Crippen molar-refractivity contribution in [3.05, 3.63) is 33.9 Å². The van der Waals surface area contributed by atoms with Gasteiger partial charge < -0.3 is 5.32 Å². The van der Waals surface area contributed by atoms with E-state index >= 15 is 0 Å². The lowest BCUT2D eigenvalue weighted by Gasteiger charge is -2.00. The Labute approximate surface area is 117 Å². The van der Waals surface area contributed by atoms with Gasteiger partial charge in [0.1, 0.15) is 5.03 Å². The molecule has 0 aliphatic rings. The molecule has 90 valence electrons. The maximum atomic E-state index is 4.32. The number of nitrogens with one attached hydrogen (secondary N) is 1. The summed E-state index contributed by atoms with van der Waals surface area (Å²) in [5.74, 6) is 0.901. The molecule has 0 aromatic carbocycles. The van der Waals surface area contributed by atoms with Gasteiger partial charge in [-0.15, -0.1) is 11.3 Å². The summed E-state index contributed by atoms with van der Waals surface area (Å²) in [5.41, 5.74) is 0. The predicted octanol–water partition coefficient (Wildman–Crippen LogP) is 4.02. The van der Waals surface area contributed by atoms with Crippen LogP contribution >= 0.6 is 39.0 Å². The molecule has 0 radical (unpaired) electrons. The molecule has 2 rings (SSSR count). The number of rotatable bonds is 5. The van der Waals surface area contributed by atoms with E-state index in [1.54, 1.807) is 23.1 Å². The molecule has 0 amide bonds. The zero-order chi connectivity index (χ0) is 12.1. The van der Waals surface area contributed by atoms with Crippen LogP contribution in [-0.2, 0) is 5.75 Å². The fraction of sp³-hybridized carbons (Fsp3) is 0.273. The number of nitrogens with zero attached hydrogens (tertiary/aromatic N) is 2. The highest BCUT2D eigenvalue weighted by Gasteiger charge is 2.05. The van der Waals surface area contributed by atoms with Crippen LogP contribution in [0.25, 0.3) is 0 Å². The van der Waals surface area contributed by atoms with Crippen LogP contribution in [0.4, 0.5) is 5.13 Å². The van der Waals surface area contributed by atoms with Crippen molar-refractivity contribution < 1.29 is 0 Å². The van der Waals surface area contributed by atoms with Gasteiger partial charge in [0.05, 0.1) is 0 Å². The first-order chi connectivity index (χ1) is 8.29. The van der Waals surface area contributed by atoms with Crippen LogP contribution in [0, 0.1) is 0 Å². The van der Waals surface area contributed by atoms with Gasteiger partial charge in [0.2, 0.25) is 0 Å². The standard InChI is InChI=1S/C11H12BrN3S2/c1-2-13-11-15-6-8(17-11)7-16-10-9(12)4-3-5-14-10/h3-6H,2,7H2,1H3,(H,13,15). The third-order valence-corrected chi connectivity index (χ3v) is 5.05. The molecule has 2 heterocycles. The van der Waals surface area contributed by atoms with E-state index in [2.05, 4.69) is 38.1 Å². The molecule has 3 nitrogen and oxygen atoms in total. The Hall–Kier alpha value is -0.590. The second-order valence-corrected chi connectivity index (χ2v) is 6.17. The van der Waals surface area contributed by atoms with E-state index in [0.29, 0.717) is 0 Å². The molecule has 0 fully saturated rings. The first-order valence-electron chi connectivity index (χ1n) is 5.21. The van der Waals surface area contributed by atoms with Crippen LogP contribution in [0.15, 0.2) is 34.0 Å². The van der Waals surface area contributed by atoms with Gasteiger partial charge in [-0.05, 0) is 35.0 Å². The van der Waals surface area contributed by atoms with Crippen molar-refractivity contribution in [1.82, 2.24) is 9.97 Å². The van der Waals surface area contributed by atoms with Crippen LogP contribution in [0.5, 0.6) is 0 Å². The number of thioether (sulfide) groups is 1. The van der Waals surface area contributed by atoms with Gasteiger partial charge in [-0.1, -0.05) is 11.8 Å². The highest BCUT2D eigenvalue weighted by molar-refractivity contribution is 9.10. The van der Waals surface area contributed by atoms with Crippen molar-refractivity contribution in [1.29, 1.82) is 0 Å². The minimum atomic E-state index is 0.901. The molecule has 2 aromatic heterocycles. The van der Waals surface area contributed by atoms with Gasteiger partial charge in [-0.2, -0.15) is 0 Å². The summed E-state index contributed by atoms with van der Waals surface area (Å²) >= 11 is 6.90. The van der Waals surface area contributed by atoms with Gasteiger partial charge in [0.25, 0.3) is 0 Å². The Bertz CT molecular complexity index is 487. The third kappa shape index (κ3) is 3.69. The van der Waals surface area contributed by atoms with Crippen molar-refractivity contribution in [2.45, 2.75) is 17.7 Å². The van der Waals surface area contributed by atoms with Crippen LogP contribution in [-0.4, -0.2) is 16.5 Å². The van der Waals surface area contributed by atoms with Crippen LogP contribution in [0.1, 0.15) is 11.8 Å². The summed E-state index contributed by atoms with van der Waals surface area (Å²) < 4.78 is 1.04. The molecule has 0 atom stereocenters. The lowest BCUT2D eigenvalue weighted by atomic mass is 10.5. The highest BCUT2D eigenvalue weighted by Crippen LogP contribution is 2.30. The van der Waals surface area contributed by atoms with Gasteiger partial charge in [-0.25, -0.2) is 9.97 Å². The fourth-order valence-electron chi connectivity index (χ4n) is 1.22. The monoisotopic (exact) mass is 329 g/mol. The summed E-state index contributed by atoms with van der Waals surface area (Å²) in [5, 5.41) is 5.22. The topological polar surface area (TPSA) is 37.8 Å². The molecular weight excluding hydrogens is 318 g/mol. The molecule has 0 spiro atoms. The maximum Gasteiger partial charge on any atom is 0.182 e. The summed E-state index contributed by atoms with van der Waals surface area (Å²) in [6.07, 6.45) is 3.73. The molecular formula is C11H12BrN3S2. The van der Waals surface area contributed by atoms with E-state index in [4.69, 9.17) is 0 Å². The van der Waals surface area contributed by atoms with Crippen molar-refractivity contribution in [2.75, 3.05) is 11.9 Å². The number of pyridine rings is 1. The number of hydrogen-bond acceptors (Lipinski definition) is 5. The number of halogens is 1. The summed E-state index contributed by atoms with van der Waals surface area (Å²) in [6, 6.07) is 3.93. The second kappa shape index (κ2) is 6.37. The lowest BCUT2D eigenvalue weighted by Crippen LogP contribution is -1.94. The normalized spacial score (nSPS) is 10.5. The smallest absolute Gasteiger partial charge is 0.182 e. The van der Waals surface area contributed by atoms with Gasteiger partial charge in [-0.3, -0.25) is 0 Å². The van der Waals surface area contributed by atoms with E-state index in [-0.39, 0.29) is 0 Å². The Morgan fingerprint density at radius 3 is 3.12 bits per heavy atom. The Balaban J connectivity index is 1.95. The second-order valence-electron chi connectivity index (χ2n) is 3.24. The molecule has 0 saturated carbocycles. The van der Waals surface area contributed by atoms with E-state index < -0.39 is 0 Å². The van der Waals surface area contributed by atoms with E-state index in [1.807, 2.05) is 24.5 Å². The number of anilines is 1. The van der Waals surface area contributed by atoms with Crippen molar-refractivity contribution in [3.8, 4) is 0 Å². The molecule has 6 heteroatoms. The van der Waals surface area contributed by atoms with E-state index in [1.165, 1.54) is 4.88 Å². The number of thiazole rings is 1. The minimum Gasteiger partial charge on any atom is -0.362 e. The fourth-order valence-corrected chi connectivity index (χ4v) is 3.61. The van der Waals surface area contributed by atoms with Crippen LogP contribution < -0.4 is 5.32 Å². The maximum absolute atomic E-state index is 4.32. The summed E-state index contributed by atoms with van der Waals surface area (Å²) in [4.78, 5) is 9.88. The van der Waals surface area contributed by atoms with Crippen molar-refractivity contribution in [3.63, 3.8) is 0 Å². The highest BCUT2D eigenvalue weighted by atomic mass is 79.9. The Kier molecular flexibility index (Phi) is 4.82. The van der Waals surface area contributed by atoms with E-state index in [0.717, 1.165) is 26.9 Å². The minimum absolute atomic E-state index is 0.901.